The van der Waals surface area contributed by atoms with Crippen LogP contribution in [0, 0.1) is 0 Å². The lowest BCUT2D eigenvalue weighted by molar-refractivity contribution is -0.123. The molecule has 0 saturated carbocycles. The van der Waals surface area contributed by atoms with Gasteiger partial charge in [0.25, 0.3) is 0 Å². The predicted molar refractivity (Wildman–Crippen MR) is 195 cm³/mol. The number of unbranched alkanes of at least 4 members (excludes halogenated alkanes) is 24. The molecular formula is C41H73NO4. The van der Waals surface area contributed by atoms with Crippen LogP contribution in [0.4, 0.5) is 0 Å². The zero-order chi connectivity index (χ0) is 33.3. The Morgan fingerprint density at radius 2 is 0.978 bits per heavy atom. The van der Waals surface area contributed by atoms with Gasteiger partial charge in [-0.15, -0.1) is 0 Å². The average Bonchev–Trinajstić information content (AvgIpc) is 3.07. The number of aliphatic hydroxyl groups is 1. The fourth-order valence-electron chi connectivity index (χ4n) is 6.32. The van der Waals surface area contributed by atoms with Crippen molar-refractivity contribution in [3.05, 3.63) is 35.9 Å². The Bertz CT molecular complexity index is 814. The molecule has 0 saturated heterocycles. The van der Waals surface area contributed by atoms with Crippen LogP contribution in [0.15, 0.2) is 30.3 Å². The number of ether oxygens (including phenoxy) is 1. The van der Waals surface area contributed by atoms with Crippen molar-refractivity contribution in [1.29, 1.82) is 0 Å². The summed E-state index contributed by atoms with van der Waals surface area (Å²) in [5.74, 6) is -0.460. The Morgan fingerprint density at radius 3 is 1.39 bits per heavy atom. The molecular weight excluding hydrogens is 570 g/mol. The first-order valence-electron chi connectivity index (χ1n) is 19.8. The van der Waals surface area contributed by atoms with Gasteiger partial charge in [0, 0.05) is 6.42 Å². The Labute approximate surface area is 284 Å². The van der Waals surface area contributed by atoms with E-state index >= 15 is 0 Å². The number of carbonyl (C=O) groups excluding carboxylic acids is 2. The summed E-state index contributed by atoms with van der Waals surface area (Å²) in [5.41, 5.74) is 0.493. The highest BCUT2D eigenvalue weighted by Gasteiger charge is 2.26. The number of carbonyl (C=O) groups is 2. The lowest BCUT2D eigenvalue weighted by atomic mass is 10.0. The Balaban J connectivity index is 2.32. The number of esters is 1. The van der Waals surface area contributed by atoms with Crippen molar-refractivity contribution in [2.75, 3.05) is 6.61 Å². The normalized spacial score (nSPS) is 12.6. The van der Waals surface area contributed by atoms with E-state index in [9.17, 15) is 14.7 Å². The quantitative estimate of drug-likeness (QED) is 0.0590. The van der Waals surface area contributed by atoms with Crippen molar-refractivity contribution in [3.63, 3.8) is 0 Å². The third kappa shape index (κ3) is 24.3. The number of nitrogens with one attached hydrogen (secondary N) is 1. The molecule has 0 fully saturated rings. The van der Waals surface area contributed by atoms with Crippen LogP contribution in [-0.2, 0) is 9.53 Å². The second-order valence-electron chi connectivity index (χ2n) is 13.7. The second-order valence-corrected chi connectivity index (χ2v) is 13.7. The van der Waals surface area contributed by atoms with Crippen molar-refractivity contribution in [1.82, 2.24) is 5.32 Å². The summed E-state index contributed by atoms with van der Waals surface area (Å²) in [6, 6.07) is 8.41. The van der Waals surface area contributed by atoms with Gasteiger partial charge in [0.2, 0.25) is 5.91 Å². The molecule has 2 atom stereocenters. The van der Waals surface area contributed by atoms with Crippen molar-refractivity contribution >= 4 is 11.9 Å². The minimum absolute atomic E-state index is 0.0618. The smallest absolute Gasteiger partial charge is 0.338 e. The lowest BCUT2D eigenvalue weighted by Gasteiger charge is -2.27. The zero-order valence-corrected chi connectivity index (χ0v) is 30.2. The first-order chi connectivity index (χ1) is 22.6. The van der Waals surface area contributed by atoms with E-state index in [-0.39, 0.29) is 12.5 Å². The molecule has 0 spiro atoms. The fourth-order valence-corrected chi connectivity index (χ4v) is 6.32. The van der Waals surface area contributed by atoms with Crippen LogP contribution >= 0.6 is 0 Å². The van der Waals surface area contributed by atoms with Gasteiger partial charge in [-0.3, -0.25) is 4.79 Å². The van der Waals surface area contributed by atoms with E-state index in [2.05, 4.69) is 19.2 Å². The molecule has 0 aliphatic heterocycles. The highest BCUT2D eigenvalue weighted by Crippen LogP contribution is 2.18. The summed E-state index contributed by atoms with van der Waals surface area (Å²) in [6.07, 6.45) is 33.6. The fraction of sp³-hybridized carbons (Fsp3) is 0.805. The molecule has 0 aliphatic carbocycles. The van der Waals surface area contributed by atoms with Crippen LogP contribution in [0.3, 0.4) is 0 Å². The monoisotopic (exact) mass is 644 g/mol. The van der Waals surface area contributed by atoms with E-state index in [1.54, 1.807) is 12.1 Å². The minimum atomic E-state index is -0.584. The van der Waals surface area contributed by atoms with Crippen LogP contribution in [-0.4, -0.2) is 35.7 Å². The van der Waals surface area contributed by atoms with Crippen LogP contribution < -0.4 is 5.32 Å². The highest BCUT2D eigenvalue weighted by molar-refractivity contribution is 5.89. The lowest BCUT2D eigenvalue weighted by Crippen LogP contribution is -2.47. The third-order valence-electron chi connectivity index (χ3n) is 9.36. The maximum atomic E-state index is 12.9. The number of benzene rings is 1. The molecule has 1 aromatic carbocycles. The van der Waals surface area contributed by atoms with Crippen molar-refractivity contribution in [3.8, 4) is 0 Å². The molecule has 1 rings (SSSR count). The molecule has 0 heterocycles. The van der Waals surface area contributed by atoms with Crippen LogP contribution in [0.2, 0.25) is 0 Å². The molecule has 0 aliphatic rings. The predicted octanol–water partition coefficient (Wildman–Crippen LogP) is 11.7. The number of hydrogen-bond donors (Lipinski definition) is 2. The maximum absolute atomic E-state index is 12.9. The van der Waals surface area contributed by atoms with Gasteiger partial charge in [0.15, 0.2) is 0 Å². The Morgan fingerprint density at radius 1 is 0.587 bits per heavy atom. The van der Waals surface area contributed by atoms with E-state index in [1.165, 1.54) is 141 Å². The third-order valence-corrected chi connectivity index (χ3v) is 9.36. The summed E-state index contributed by atoms with van der Waals surface area (Å²) in [4.78, 5) is 25.7. The van der Waals surface area contributed by atoms with Gasteiger partial charge in [-0.25, -0.2) is 4.79 Å². The highest BCUT2D eigenvalue weighted by atomic mass is 16.5. The molecule has 5 nitrogen and oxygen atoms in total. The number of aliphatic hydroxyl groups excluding tert-OH is 1. The number of hydrogen-bond acceptors (Lipinski definition) is 4. The minimum Gasteiger partial charge on any atom is -0.456 e. The van der Waals surface area contributed by atoms with Crippen molar-refractivity contribution < 1.29 is 19.4 Å². The van der Waals surface area contributed by atoms with Crippen LogP contribution in [0.5, 0.6) is 0 Å². The van der Waals surface area contributed by atoms with E-state index in [1.807, 2.05) is 18.2 Å². The SMILES string of the molecule is CCCCCCCCCCCCCCCC(=O)N[C@@H](CO)C(CCCCCCCCCCCCCCC)OC(=O)c1ccccc1. The van der Waals surface area contributed by atoms with Gasteiger partial charge in [0.1, 0.15) is 6.10 Å². The van der Waals surface area contributed by atoms with E-state index in [0.717, 1.165) is 25.7 Å². The van der Waals surface area contributed by atoms with Crippen LogP contribution in [0.25, 0.3) is 0 Å². The molecule has 46 heavy (non-hydrogen) atoms. The van der Waals surface area contributed by atoms with Crippen molar-refractivity contribution in [2.24, 2.45) is 0 Å². The average molecular weight is 644 g/mol. The molecule has 1 amide bonds. The molecule has 2 N–H and O–H groups in total. The van der Waals surface area contributed by atoms with Gasteiger partial charge in [-0.1, -0.05) is 186 Å². The van der Waals surface area contributed by atoms with Gasteiger partial charge in [0.05, 0.1) is 18.2 Å². The standard InChI is InChI=1S/C41H73NO4/c1-3-5-7-9-11-13-15-17-19-21-23-25-30-34-39(46-41(45)37-32-28-27-29-33-37)38(36-43)42-40(44)35-31-26-24-22-20-18-16-14-12-10-8-6-4-2/h27-29,32-33,38-39,43H,3-26,30-31,34-36H2,1-2H3,(H,42,44)/t38-,39?/m0/s1. The summed E-state index contributed by atoms with van der Waals surface area (Å²) in [7, 11) is 0. The zero-order valence-electron chi connectivity index (χ0n) is 30.2. The first kappa shape index (κ1) is 42.1. The Hall–Kier alpha value is -1.88. The van der Waals surface area contributed by atoms with Gasteiger partial charge >= 0.3 is 5.97 Å². The molecule has 5 heteroatoms. The van der Waals surface area contributed by atoms with E-state index in [4.69, 9.17) is 4.74 Å². The summed E-state index contributed by atoms with van der Waals surface area (Å²) < 4.78 is 5.91. The largest absolute Gasteiger partial charge is 0.456 e. The molecule has 266 valence electrons. The molecule has 1 aromatic rings. The number of amides is 1. The number of rotatable bonds is 33. The molecule has 0 bridgehead atoms. The Kier molecular flexibility index (Phi) is 29.0. The van der Waals surface area contributed by atoms with E-state index < -0.39 is 18.1 Å². The van der Waals surface area contributed by atoms with Crippen molar-refractivity contribution in [2.45, 2.75) is 206 Å². The summed E-state index contributed by atoms with van der Waals surface area (Å²) in [6.45, 7) is 4.29. The van der Waals surface area contributed by atoms with E-state index in [0.29, 0.717) is 18.4 Å². The molecule has 0 radical (unpaired) electrons. The summed E-state index contributed by atoms with van der Waals surface area (Å²) >= 11 is 0. The molecule has 1 unspecified atom stereocenters. The topological polar surface area (TPSA) is 75.6 Å². The molecule has 0 aromatic heterocycles. The first-order valence-corrected chi connectivity index (χ1v) is 19.8. The van der Waals surface area contributed by atoms with Crippen LogP contribution in [0.1, 0.15) is 204 Å². The van der Waals surface area contributed by atoms with Gasteiger partial charge < -0.3 is 15.2 Å². The van der Waals surface area contributed by atoms with Gasteiger partial charge in [-0.05, 0) is 31.4 Å². The maximum Gasteiger partial charge on any atom is 0.338 e. The van der Waals surface area contributed by atoms with Gasteiger partial charge in [-0.2, -0.15) is 0 Å². The second kappa shape index (κ2) is 31.7. The summed E-state index contributed by atoms with van der Waals surface area (Å²) in [5, 5.41) is 13.2.